The topological polar surface area (TPSA) is 79.9 Å². The first-order valence-electron chi connectivity index (χ1n) is 9.32. The van der Waals surface area contributed by atoms with Crippen molar-refractivity contribution >= 4 is 17.4 Å². The fourth-order valence-corrected chi connectivity index (χ4v) is 3.55. The van der Waals surface area contributed by atoms with Crippen LogP contribution in [0.1, 0.15) is 49.7 Å². The highest BCUT2D eigenvalue weighted by Crippen LogP contribution is 2.28. The molecular formula is C22H22N4O. The van der Waals surface area contributed by atoms with Gasteiger partial charge in [-0.1, -0.05) is 31.7 Å². The zero-order valence-corrected chi connectivity index (χ0v) is 15.2. The van der Waals surface area contributed by atoms with Crippen LogP contribution in [-0.4, -0.2) is 12.1 Å². The van der Waals surface area contributed by atoms with Crippen molar-refractivity contribution in [1.29, 1.82) is 10.5 Å². The molecule has 2 amide bonds. The molecule has 0 spiro atoms. The molecule has 0 radical (unpaired) electrons. The van der Waals surface area contributed by atoms with Crippen molar-refractivity contribution in [3.8, 4) is 12.1 Å². The molecule has 0 atom stereocenters. The van der Waals surface area contributed by atoms with Crippen LogP contribution in [0.4, 0.5) is 16.2 Å². The Morgan fingerprint density at radius 3 is 2.22 bits per heavy atom. The molecule has 1 saturated carbocycles. The Bertz CT molecular complexity index is 868. The first-order valence-corrected chi connectivity index (χ1v) is 9.32. The van der Waals surface area contributed by atoms with Gasteiger partial charge in [0.1, 0.15) is 0 Å². The van der Waals surface area contributed by atoms with Crippen LogP contribution in [0.25, 0.3) is 0 Å². The molecule has 1 aliphatic rings. The van der Waals surface area contributed by atoms with Gasteiger partial charge < -0.3 is 5.32 Å². The highest BCUT2D eigenvalue weighted by molar-refractivity contribution is 6.02. The molecule has 27 heavy (non-hydrogen) atoms. The first-order chi connectivity index (χ1) is 13.2. The number of nitrogens with zero attached hydrogens (tertiary/aromatic N) is 3. The number of nitrogens with one attached hydrogen (secondary N) is 1. The van der Waals surface area contributed by atoms with E-state index in [9.17, 15) is 10.1 Å². The lowest BCUT2D eigenvalue weighted by Crippen LogP contribution is -2.43. The molecule has 0 bridgehead atoms. The summed E-state index contributed by atoms with van der Waals surface area (Å²) in [5.41, 5.74) is 2.48. The summed E-state index contributed by atoms with van der Waals surface area (Å²) in [6.07, 6.45) is 6.50. The van der Waals surface area contributed by atoms with Crippen LogP contribution in [0.3, 0.4) is 0 Å². The van der Waals surface area contributed by atoms with Gasteiger partial charge in [-0.2, -0.15) is 10.5 Å². The lowest BCUT2D eigenvalue weighted by molar-refractivity contribution is 0.254. The largest absolute Gasteiger partial charge is 0.326 e. The second-order valence-corrected chi connectivity index (χ2v) is 6.80. The number of hydrogen-bond acceptors (Lipinski definition) is 3. The fourth-order valence-electron chi connectivity index (χ4n) is 3.55. The minimum atomic E-state index is -0.207. The summed E-state index contributed by atoms with van der Waals surface area (Å²) < 4.78 is 0. The number of amides is 2. The molecule has 2 aromatic rings. The molecule has 0 saturated heterocycles. The number of benzene rings is 2. The number of rotatable bonds is 3. The van der Waals surface area contributed by atoms with Gasteiger partial charge in [-0.3, -0.25) is 4.90 Å². The number of carbonyl (C=O) groups excluding carboxylic acids is 1. The van der Waals surface area contributed by atoms with Crippen molar-refractivity contribution in [2.75, 3.05) is 10.2 Å². The fraction of sp³-hybridized carbons (Fsp3) is 0.318. The molecule has 0 aliphatic heterocycles. The number of urea groups is 1. The van der Waals surface area contributed by atoms with E-state index in [1.807, 2.05) is 12.1 Å². The van der Waals surface area contributed by atoms with Gasteiger partial charge in [0.15, 0.2) is 0 Å². The predicted molar refractivity (Wildman–Crippen MR) is 105 cm³/mol. The number of hydrogen-bond donors (Lipinski definition) is 1. The molecule has 2 aromatic carbocycles. The molecule has 0 unspecified atom stereocenters. The van der Waals surface area contributed by atoms with Gasteiger partial charge in [0.25, 0.3) is 0 Å². The van der Waals surface area contributed by atoms with E-state index in [2.05, 4.69) is 17.5 Å². The second kappa shape index (κ2) is 8.87. The van der Waals surface area contributed by atoms with Crippen molar-refractivity contribution in [1.82, 2.24) is 0 Å². The Morgan fingerprint density at radius 1 is 0.926 bits per heavy atom. The first kappa shape index (κ1) is 18.5. The van der Waals surface area contributed by atoms with Gasteiger partial charge >= 0.3 is 6.03 Å². The van der Waals surface area contributed by atoms with Crippen LogP contribution in [-0.2, 0) is 0 Å². The van der Waals surface area contributed by atoms with Gasteiger partial charge in [-0.25, -0.2) is 4.79 Å². The second-order valence-electron chi connectivity index (χ2n) is 6.80. The van der Waals surface area contributed by atoms with Crippen molar-refractivity contribution in [3.05, 3.63) is 59.7 Å². The average molecular weight is 358 g/mol. The van der Waals surface area contributed by atoms with E-state index < -0.39 is 0 Å². The summed E-state index contributed by atoms with van der Waals surface area (Å²) in [7, 11) is 0. The van der Waals surface area contributed by atoms with Crippen molar-refractivity contribution in [3.63, 3.8) is 0 Å². The molecular weight excluding hydrogens is 336 g/mol. The Morgan fingerprint density at radius 2 is 1.59 bits per heavy atom. The predicted octanol–water partition coefficient (Wildman–Crippen LogP) is 5.19. The number of nitriles is 2. The van der Waals surface area contributed by atoms with Gasteiger partial charge in [0.2, 0.25) is 0 Å². The third kappa shape index (κ3) is 4.65. The summed E-state index contributed by atoms with van der Waals surface area (Å²) in [5.74, 6) is 0. The Kier molecular flexibility index (Phi) is 6.07. The van der Waals surface area contributed by atoms with Crippen molar-refractivity contribution in [2.24, 2.45) is 0 Å². The van der Waals surface area contributed by atoms with Crippen LogP contribution in [0.2, 0.25) is 0 Å². The molecule has 5 heteroatoms. The highest BCUT2D eigenvalue weighted by atomic mass is 16.2. The van der Waals surface area contributed by atoms with E-state index in [0.717, 1.165) is 31.4 Å². The summed E-state index contributed by atoms with van der Waals surface area (Å²) >= 11 is 0. The summed E-state index contributed by atoms with van der Waals surface area (Å²) in [4.78, 5) is 14.9. The lowest BCUT2D eigenvalue weighted by Gasteiger charge is -2.31. The molecule has 1 fully saturated rings. The minimum absolute atomic E-state index is 0.111. The maximum atomic E-state index is 13.1. The maximum absolute atomic E-state index is 13.1. The summed E-state index contributed by atoms with van der Waals surface area (Å²) in [5, 5.41) is 21.1. The van der Waals surface area contributed by atoms with E-state index in [4.69, 9.17) is 5.26 Å². The van der Waals surface area contributed by atoms with E-state index in [-0.39, 0.29) is 12.1 Å². The van der Waals surface area contributed by atoms with Gasteiger partial charge in [-0.05, 0) is 55.3 Å². The van der Waals surface area contributed by atoms with Gasteiger partial charge in [-0.15, -0.1) is 0 Å². The molecule has 3 rings (SSSR count). The van der Waals surface area contributed by atoms with Crippen LogP contribution >= 0.6 is 0 Å². The van der Waals surface area contributed by atoms with Crippen LogP contribution in [0.5, 0.6) is 0 Å². The molecule has 1 N–H and O–H groups in total. The molecule has 136 valence electrons. The molecule has 5 nitrogen and oxygen atoms in total. The van der Waals surface area contributed by atoms with Crippen LogP contribution in [0.15, 0.2) is 48.5 Å². The van der Waals surface area contributed by atoms with Crippen LogP contribution in [0, 0.1) is 22.7 Å². The van der Waals surface area contributed by atoms with Gasteiger partial charge in [0.05, 0.1) is 23.3 Å². The number of carbonyl (C=O) groups is 1. The quantitative estimate of drug-likeness (QED) is 0.767. The zero-order chi connectivity index (χ0) is 19.1. The third-order valence-electron chi connectivity index (χ3n) is 4.93. The Balaban J connectivity index is 1.88. The standard InChI is InChI=1S/C22H22N4O/c23-15-17-10-12-19(13-11-17)25-22(27)26(20-7-3-1-2-4-8-20)21-9-5-6-18(14-21)16-24/h5-6,9-14,20H,1-4,7-8H2,(H,25,27). The summed E-state index contributed by atoms with van der Waals surface area (Å²) in [6, 6.07) is 18.2. The smallest absolute Gasteiger partial charge is 0.308 e. The molecule has 0 heterocycles. The Labute approximate surface area is 159 Å². The minimum Gasteiger partial charge on any atom is -0.308 e. The molecule has 1 aliphatic carbocycles. The van der Waals surface area contributed by atoms with E-state index in [1.165, 1.54) is 12.8 Å². The lowest BCUT2D eigenvalue weighted by atomic mass is 10.1. The van der Waals surface area contributed by atoms with E-state index in [1.54, 1.807) is 41.3 Å². The third-order valence-corrected chi connectivity index (χ3v) is 4.93. The SMILES string of the molecule is N#Cc1ccc(NC(=O)N(c2cccc(C#N)c2)C2CCCCCC2)cc1. The van der Waals surface area contributed by atoms with Crippen LogP contribution < -0.4 is 10.2 Å². The summed E-state index contributed by atoms with van der Waals surface area (Å²) in [6.45, 7) is 0. The Hall–Kier alpha value is -3.31. The van der Waals surface area contributed by atoms with Crippen molar-refractivity contribution in [2.45, 2.75) is 44.6 Å². The van der Waals surface area contributed by atoms with E-state index in [0.29, 0.717) is 16.8 Å². The normalized spacial score (nSPS) is 14.4. The number of anilines is 2. The average Bonchev–Trinajstić information content (AvgIpc) is 2.98. The van der Waals surface area contributed by atoms with E-state index >= 15 is 0 Å². The maximum Gasteiger partial charge on any atom is 0.326 e. The highest BCUT2D eigenvalue weighted by Gasteiger charge is 2.26. The molecule has 0 aromatic heterocycles. The monoisotopic (exact) mass is 358 g/mol. The zero-order valence-electron chi connectivity index (χ0n) is 15.2. The van der Waals surface area contributed by atoms with Crippen molar-refractivity contribution < 1.29 is 4.79 Å². The van der Waals surface area contributed by atoms with Gasteiger partial charge in [0, 0.05) is 17.4 Å².